The van der Waals surface area contributed by atoms with Crippen LogP contribution in [0.4, 0.5) is 0 Å². The van der Waals surface area contributed by atoms with Gasteiger partial charge >= 0.3 is 28.4 Å². The number of benzene rings is 2. The van der Waals surface area contributed by atoms with Gasteiger partial charge in [-0.15, -0.1) is 70.1 Å². The SMILES string of the molecule is CC(C)(C)[NH-].CCO.C[Si](C)(C)O.Cl.Cl.[CH2]=[Zr].[CH3-].c1ccc2c(c1)[cH-]c1ccccc12. The summed E-state index contributed by atoms with van der Waals surface area (Å²) in [6.45, 7) is 13.1. The molecule has 7 heteroatoms. The summed E-state index contributed by atoms with van der Waals surface area (Å²) in [7, 11) is -1.61. The maximum absolute atomic E-state index is 8.66. The summed E-state index contributed by atoms with van der Waals surface area (Å²) >= 11 is 1.30. The van der Waals surface area contributed by atoms with Gasteiger partial charge in [0.15, 0.2) is 8.32 Å². The molecule has 0 atom stereocenters. The zero-order chi connectivity index (χ0) is 22.4. The Hall–Kier alpha value is -0.260. The van der Waals surface area contributed by atoms with Crippen molar-refractivity contribution in [3.8, 4) is 0 Å². The molecule has 0 saturated carbocycles. The van der Waals surface area contributed by atoms with Crippen LogP contribution in [0, 0.1) is 7.43 Å². The molecule has 3 aromatic rings. The van der Waals surface area contributed by atoms with Crippen LogP contribution in [0.3, 0.4) is 0 Å². The topological polar surface area (TPSA) is 64.3 Å². The van der Waals surface area contributed by atoms with Crippen molar-refractivity contribution in [1.82, 2.24) is 0 Å². The van der Waals surface area contributed by atoms with Crippen molar-refractivity contribution in [2.75, 3.05) is 6.61 Å². The molecular formula is C24H42Cl2NO2SiZr-3. The van der Waals surface area contributed by atoms with Gasteiger partial charge in [-0.1, -0.05) is 57.2 Å². The normalized spacial score (nSPS) is 9.19. The Morgan fingerprint density at radius 1 is 0.903 bits per heavy atom. The zero-order valence-electron chi connectivity index (χ0n) is 20.3. The third-order valence-corrected chi connectivity index (χ3v) is 2.52. The Balaban J connectivity index is -0.000000108. The predicted octanol–water partition coefficient (Wildman–Crippen LogP) is 7.62. The van der Waals surface area contributed by atoms with Gasteiger partial charge < -0.3 is 23.1 Å². The third kappa shape index (κ3) is 25.9. The molecule has 3 rings (SSSR count). The Morgan fingerprint density at radius 2 is 1.10 bits per heavy atom. The van der Waals surface area contributed by atoms with Crippen LogP contribution in [0.25, 0.3) is 27.3 Å². The van der Waals surface area contributed by atoms with E-state index in [2.05, 4.69) is 58.8 Å². The summed E-state index contributed by atoms with van der Waals surface area (Å²) in [6.07, 6.45) is 0. The molecule has 0 radical (unpaired) electrons. The van der Waals surface area contributed by atoms with Crippen molar-refractivity contribution >= 4 is 58.9 Å². The van der Waals surface area contributed by atoms with Crippen molar-refractivity contribution in [2.45, 2.75) is 52.9 Å². The molecule has 31 heavy (non-hydrogen) atoms. The minimum Gasteiger partial charge on any atom is -0.358 e. The van der Waals surface area contributed by atoms with Crippen molar-refractivity contribution in [1.29, 1.82) is 0 Å². The molecule has 0 heterocycles. The number of aliphatic hydroxyl groups excluding tert-OH is 1. The summed E-state index contributed by atoms with van der Waals surface area (Å²) in [6, 6.07) is 19.3. The first kappa shape index (κ1) is 41.0. The van der Waals surface area contributed by atoms with Crippen LogP contribution in [0.2, 0.25) is 19.6 Å². The number of aliphatic hydroxyl groups is 1. The minimum absolute atomic E-state index is 0. The quantitative estimate of drug-likeness (QED) is 0.217. The van der Waals surface area contributed by atoms with Gasteiger partial charge in [-0.05, 0) is 26.6 Å². The summed E-state index contributed by atoms with van der Waals surface area (Å²) in [4.78, 5) is 8.66. The third-order valence-electron chi connectivity index (χ3n) is 2.52. The molecule has 0 unspecified atom stereocenters. The van der Waals surface area contributed by atoms with Gasteiger partial charge in [-0.2, -0.15) is 0 Å². The summed E-state index contributed by atoms with van der Waals surface area (Å²) in [5.41, 5.74) is 6.69. The molecule has 0 amide bonds. The summed E-state index contributed by atoms with van der Waals surface area (Å²) in [5.74, 6) is 0. The molecule has 3 aromatic carbocycles. The first-order valence-electron chi connectivity index (χ1n) is 9.33. The molecular weight excluding hydrogens is 524 g/mol. The van der Waals surface area contributed by atoms with E-state index >= 15 is 0 Å². The first-order valence-corrected chi connectivity index (χ1v) is 14.5. The van der Waals surface area contributed by atoms with Gasteiger partial charge in [0.25, 0.3) is 0 Å². The van der Waals surface area contributed by atoms with Gasteiger partial charge in [-0.25, -0.2) is 0 Å². The Labute approximate surface area is 219 Å². The smallest absolute Gasteiger partial charge is 0.0771 e. The Kier molecular flexibility index (Phi) is 28.6. The number of fused-ring (bicyclic) bond motifs is 3. The molecule has 3 N–H and O–H groups in total. The van der Waals surface area contributed by atoms with Gasteiger partial charge in [0.2, 0.25) is 0 Å². The van der Waals surface area contributed by atoms with E-state index in [0.717, 1.165) is 0 Å². The van der Waals surface area contributed by atoms with Crippen LogP contribution in [-0.2, 0) is 24.2 Å². The fourth-order valence-electron chi connectivity index (χ4n) is 1.90. The summed E-state index contributed by atoms with van der Waals surface area (Å²) < 4.78 is 3.34. The van der Waals surface area contributed by atoms with Crippen LogP contribution >= 0.6 is 24.8 Å². The van der Waals surface area contributed by atoms with E-state index in [9.17, 15) is 0 Å². The second-order valence-corrected chi connectivity index (χ2v) is 12.4. The number of nitrogens with one attached hydrogen (secondary N) is 1. The molecule has 3 nitrogen and oxygen atoms in total. The standard InChI is InChI=1S/C13H9.C4H10N.C3H10OSi.C2H6O.CH3.CH2.2ClH.Zr/c1-3-7-12-10(5-1)9-11-6-2-4-8-13(11)12;1-4(2,3)5;1-5(2,3)4;1-2-3;;;;;/h1-9H;5H,1-3H3;4H,1-3H3;3H,2H2,1H3;1H3;1H2;2*1H;/q2*-1;;;-1;;;;. The second-order valence-electron chi connectivity index (χ2n) is 8.06. The maximum Gasteiger partial charge on any atom is -0.0771 e. The fourth-order valence-corrected chi connectivity index (χ4v) is 1.90. The van der Waals surface area contributed by atoms with Crippen LogP contribution in [0.1, 0.15) is 27.7 Å². The van der Waals surface area contributed by atoms with Crippen molar-refractivity contribution < 1.29 is 34.1 Å². The zero-order valence-corrected chi connectivity index (χ0v) is 25.4. The predicted molar refractivity (Wildman–Crippen MR) is 147 cm³/mol. The van der Waals surface area contributed by atoms with Crippen LogP contribution in [-0.4, -0.2) is 34.6 Å². The molecule has 0 aliphatic rings. The van der Waals surface area contributed by atoms with E-state index in [1.54, 1.807) is 6.92 Å². The molecule has 0 aliphatic heterocycles. The van der Waals surface area contributed by atoms with E-state index < -0.39 is 8.32 Å². The Bertz CT molecular complexity index is 710. The minimum atomic E-state index is -1.61. The molecule has 0 aliphatic carbocycles. The van der Waals surface area contributed by atoms with Crippen molar-refractivity contribution in [3.63, 3.8) is 0 Å². The summed E-state index contributed by atoms with van der Waals surface area (Å²) in [5, 5.41) is 13.0. The van der Waals surface area contributed by atoms with E-state index in [0.29, 0.717) is 0 Å². The molecule has 0 bridgehead atoms. The van der Waals surface area contributed by atoms with Crippen LogP contribution in [0.15, 0.2) is 54.6 Å². The molecule has 0 aromatic heterocycles. The molecule has 180 valence electrons. The van der Waals surface area contributed by atoms with Gasteiger partial charge in [0, 0.05) is 6.61 Å². The van der Waals surface area contributed by atoms with Gasteiger partial charge in [-0.3, -0.25) is 0 Å². The molecule has 0 saturated heterocycles. The van der Waals surface area contributed by atoms with E-state index in [-0.39, 0.29) is 44.4 Å². The van der Waals surface area contributed by atoms with Gasteiger partial charge in [0.05, 0.1) is 0 Å². The monoisotopic (exact) mass is 564 g/mol. The first-order chi connectivity index (χ1) is 12.9. The Morgan fingerprint density at radius 3 is 1.32 bits per heavy atom. The molecule has 0 spiro atoms. The fraction of sp³-hybridized carbons (Fsp3) is 0.375. The maximum atomic E-state index is 8.66. The van der Waals surface area contributed by atoms with E-state index in [4.69, 9.17) is 15.6 Å². The second kappa shape index (κ2) is 21.6. The van der Waals surface area contributed by atoms with Crippen LogP contribution < -0.4 is 0 Å². The number of hydrogen-bond acceptors (Lipinski definition) is 2. The average Bonchev–Trinajstić information content (AvgIpc) is 2.93. The van der Waals surface area contributed by atoms with Crippen molar-refractivity contribution in [2.24, 2.45) is 0 Å². The van der Waals surface area contributed by atoms with Crippen molar-refractivity contribution in [3.05, 3.63) is 67.8 Å². The molecule has 0 fully saturated rings. The van der Waals surface area contributed by atoms with Gasteiger partial charge in [0.1, 0.15) is 0 Å². The van der Waals surface area contributed by atoms with E-state index in [1.165, 1.54) is 45.8 Å². The number of rotatable bonds is 0. The van der Waals surface area contributed by atoms with E-state index in [1.807, 2.05) is 40.4 Å². The number of halogens is 2. The average molecular weight is 567 g/mol. The largest absolute Gasteiger partial charge is 0.358 e. The van der Waals surface area contributed by atoms with Crippen LogP contribution in [0.5, 0.6) is 0 Å². The number of hydrogen-bond donors (Lipinski definition) is 2.